The zero-order chi connectivity index (χ0) is 8.27. The average Bonchev–Trinajstić information content (AvgIpc) is 2.03. The molecule has 0 saturated heterocycles. The van der Waals surface area contributed by atoms with Crippen LogP contribution in [0.4, 0.5) is 0 Å². The fourth-order valence-corrected chi connectivity index (χ4v) is 1.70. The van der Waals surface area contributed by atoms with Gasteiger partial charge in [0.2, 0.25) is 0 Å². The Kier molecular flexibility index (Phi) is 3.25. The van der Waals surface area contributed by atoms with E-state index in [4.69, 9.17) is 16.3 Å². The molecular formula is C5H6ClIN3O-. The van der Waals surface area contributed by atoms with E-state index in [9.17, 15) is 0 Å². The van der Waals surface area contributed by atoms with Crippen LogP contribution in [-0.4, -0.2) is 27.0 Å². The Hall–Kier alpha value is -0.170. The number of hydrogen-bond acceptors (Lipinski definition) is 4. The number of halogens is 2. The first-order valence-corrected chi connectivity index (χ1v) is 6.32. The Morgan fingerprint density at radius 2 is 2.09 bits per heavy atom. The van der Waals surface area contributed by atoms with Gasteiger partial charge in [0.1, 0.15) is 0 Å². The van der Waals surface area contributed by atoms with Crippen LogP contribution in [0.15, 0.2) is 0 Å². The Morgan fingerprint density at radius 1 is 1.36 bits per heavy atom. The van der Waals surface area contributed by atoms with Gasteiger partial charge in [-0.3, -0.25) is 0 Å². The van der Waals surface area contributed by atoms with Crippen molar-refractivity contribution in [1.82, 2.24) is 15.0 Å². The summed E-state index contributed by atoms with van der Waals surface area (Å²) >= 11 is 5.43. The molecule has 62 valence electrons. The third-order valence-electron chi connectivity index (χ3n) is 0.912. The van der Waals surface area contributed by atoms with E-state index in [-0.39, 0.29) is 26.5 Å². The molecule has 0 amide bonds. The monoisotopic (exact) mass is 286 g/mol. The van der Waals surface area contributed by atoms with Gasteiger partial charge in [-0.2, -0.15) is 0 Å². The molecule has 0 aliphatic heterocycles. The molecule has 6 heteroatoms. The van der Waals surface area contributed by atoms with Crippen LogP contribution in [0, 0.1) is 3.83 Å². The molecule has 11 heavy (non-hydrogen) atoms. The molecule has 0 aliphatic rings. The molecule has 0 bridgehead atoms. The number of hydrogen-bond donors (Lipinski definition) is 0. The van der Waals surface area contributed by atoms with Crippen molar-refractivity contribution in [2.75, 3.05) is 12.0 Å². The Labute approximate surface area is 79.6 Å². The second kappa shape index (κ2) is 4.01. The van der Waals surface area contributed by atoms with Crippen molar-refractivity contribution < 1.29 is 25.9 Å². The van der Waals surface area contributed by atoms with Gasteiger partial charge in [0, 0.05) is 0 Å². The minimum atomic E-state index is -0.157. The number of rotatable bonds is 2. The van der Waals surface area contributed by atoms with Gasteiger partial charge in [0.15, 0.2) is 0 Å². The van der Waals surface area contributed by atoms with Crippen LogP contribution < -0.4 is 25.9 Å². The van der Waals surface area contributed by atoms with Crippen molar-refractivity contribution in [3.63, 3.8) is 0 Å². The van der Waals surface area contributed by atoms with E-state index in [1.807, 2.05) is 4.93 Å². The quantitative estimate of drug-likeness (QED) is 0.443. The summed E-state index contributed by atoms with van der Waals surface area (Å²) in [6.07, 6.45) is 0. The van der Waals surface area contributed by atoms with Crippen LogP contribution in [-0.2, 0) is 0 Å². The van der Waals surface area contributed by atoms with Gasteiger partial charge in [-0.1, -0.05) is 0 Å². The third kappa shape index (κ3) is 2.41. The topological polar surface area (TPSA) is 47.9 Å². The number of alkyl halides is 1. The molecule has 0 radical (unpaired) electrons. The summed E-state index contributed by atoms with van der Waals surface area (Å²) in [5.41, 5.74) is 0. The van der Waals surface area contributed by atoms with E-state index in [1.165, 1.54) is 7.11 Å². The summed E-state index contributed by atoms with van der Waals surface area (Å²) < 4.78 is 5.56. The van der Waals surface area contributed by atoms with Crippen molar-refractivity contribution in [2.24, 2.45) is 0 Å². The molecule has 0 aliphatic carbocycles. The molecule has 4 nitrogen and oxygen atoms in total. The first-order chi connectivity index (χ1) is 5.26. The number of methoxy groups -OCH3 is 1. The fourth-order valence-electron chi connectivity index (χ4n) is 0.485. The van der Waals surface area contributed by atoms with Crippen molar-refractivity contribution in [1.29, 1.82) is 0 Å². The summed E-state index contributed by atoms with van der Waals surface area (Å²) in [4.78, 5) is 13.7. The molecule has 1 aromatic rings. The molecule has 0 fully saturated rings. The van der Waals surface area contributed by atoms with Crippen molar-refractivity contribution in [3.8, 4) is 6.01 Å². The molecule has 0 aromatic carbocycles. The maximum absolute atomic E-state index is 5.58. The normalized spacial score (nSPS) is 10.1. The van der Waals surface area contributed by atoms with Crippen LogP contribution in [0.2, 0.25) is 5.28 Å². The SMILES string of the molecule is COc1nc(Cl)nc([I-]C)n1. The Morgan fingerprint density at radius 3 is 2.64 bits per heavy atom. The van der Waals surface area contributed by atoms with E-state index >= 15 is 0 Å². The van der Waals surface area contributed by atoms with Crippen LogP contribution in [0.5, 0.6) is 6.01 Å². The van der Waals surface area contributed by atoms with E-state index in [1.54, 1.807) is 0 Å². The summed E-state index contributed by atoms with van der Waals surface area (Å²) in [5, 5.41) is 0.202. The zero-order valence-electron chi connectivity index (χ0n) is 6.01. The first kappa shape index (κ1) is 8.92. The number of ether oxygens (including phenoxy) is 1. The van der Waals surface area contributed by atoms with Gasteiger partial charge in [-0.05, 0) is 0 Å². The van der Waals surface area contributed by atoms with Crippen molar-refractivity contribution in [2.45, 2.75) is 0 Å². The summed E-state index contributed by atoms with van der Waals surface area (Å²) in [5.74, 6) is 0. The summed E-state index contributed by atoms with van der Waals surface area (Å²) in [7, 11) is 1.50. The Bertz CT molecular complexity index is 235. The fraction of sp³-hybridized carbons (Fsp3) is 0.400. The van der Waals surface area contributed by atoms with Gasteiger partial charge in [-0.25, -0.2) is 0 Å². The predicted molar refractivity (Wildman–Crippen MR) is 36.0 cm³/mol. The average molecular weight is 286 g/mol. The molecular weight excluding hydrogens is 280 g/mol. The first-order valence-electron chi connectivity index (χ1n) is 2.71. The van der Waals surface area contributed by atoms with Gasteiger partial charge < -0.3 is 0 Å². The molecule has 1 rings (SSSR count). The van der Waals surface area contributed by atoms with E-state index < -0.39 is 0 Å². The number of nitrogens with zero attached hydrogens (tertiary/aromatic N) is 3. The zero-order valence-corrected chi connectivity index (χ0v) is 8.92. The van der Waals surface area contributed by atoms with Gasteiger partial charge >= 0.3 is 79.7 Å². The molecule has 0 unspecified atom stereocenters. The molecule has 0 N–H and O–H groups in total. The van der Waals surface area contributed by atoms with Crippen molar-refractivity contribution in [3.05, 3.63) is 9.11 Å². The van der Waals surface area contributed by atoms with Crippen LogP contribution in [0.25, 0.3) is 0 Å². The molecule has 1 heterocycles. The summed E-state index contributed by atoms with van der Waals surface area (Å²) in [6.45, 7) is 0. The Balaban J connectivity index is 3.02. The van der Waals surface area contributed by atoms with E-state index in [0.717, 1.165) is 3.83 Å². The maximum atomic E-state index is 5.58. The number of aromatic nitrogens is 3. The predicted octanol–water partition coefficient (Wildman–Crippen LogP) is -2.58. The molecule has 1 aromatic heterocycles. The second-order valence-electron chi connectivity index (χ2n) is 1.55. The molecule has 0 atom stereocenters. The van der Waals surface area contributed by atoms with Crippen LogP contribution in [0.3, 0.4) is 0 Å². The van der Waals surface area contributed by atoms with E-state index in [2.05, 4.69) is 15.0 Å². The third-order valence-corrected chi connectivity index (χ3v) is 2.53. The van der Waals surface area contributed by atoms with Gasteiger partial charge in [0.25, 0.3) is 0 Å². The minimum absolute atomic E-state index is 0.157. The van der Waals surface area contributed by atoms with Crippen LogP contribution >= 0.6 is 11.6 Å². The second-order valence-corrected chi connectivity index (χ2v) is 3.93. The molecule has 0 spiro atoms. The van der Waals surface area contributed by atoms with Crippen molar-refractivity contribution >= 4 is 11.6 Å². The van der Waals surface area contributed by atoms with Gasteiger partial charge in [-0.15, -0.1) is 0 Å². The van der Waals surface area contributed by atoms with Gasteiger partial charge in [0.05, 0.1) is 0 Å². The molecule has 0 saturated carbocycles. The van der Waals surface area contributed by atoms with E-state index in [0.29, 0.717) is 6.01 Å². The van der Waals surface area contributed by atoms with Crippen LogP contribution in [0.1, 0.15) is 0 Å². The standard InChI is InChI=1S/C5H6ClIN3O/c1-7-4-8-3(6)9-5(10-4)11-2/h1-2H3/q-1. The summed E-state index contributed by atoms with van der Waals surface area (Å²) in [6, 6.07) is 0.293.